The SMILES string of the molecule is CC(C)Cn1ncnc1CC1(O)CCOC(C(C)C)C1. The van der Waals surface area contributed by atoms with Crippen LogP contribution >= 0.6 is 0 Å². The molecule has 0 saturated carbocycles. The van der Waals surface area contributed by atoms with Crippen LogP contribution in [0.3, 0.4) is 0 Å². The van der Waals surface area contributed by atoms with E-state index in [0.717, 1.165) is 12.4 Å². The van der Waals surface area contributed by atoms with Gasteiger partial charge in [0.2, 0.25) is 0 Å². The van der Waals surface area contributed by atoms with Crippen LogP contribution in [-0.4, -0.2) is 38.2 Å². The van der Waals surface area contributed by atoms with Crippen molar-refractivity contribution in [1.82, 2.24) is 14.8 Å². The fraction of sp³-hybridized carbons (Fsp3) is 0.867. The summed E-state index contributed by atoms with van der Waals surface area (Å²) in [6.07, 6.45) is 3.63. The van der Waals surface area contributed by atoms with Gasteiger partial charge in [-0.3, -0.25) is 0 Å². The molecule has 2 heterocycles. The van der Waals surface area contributed by atoms with E-state index in [9.17, 15) is 5.11 Å². The summed E-state index contributed by atoms with van der Waals surface area (Å²) >= 11 is 0. The highest BCUT2D eigenvalue weighted by Gasteiger charge is 2.37. The van der Waals surface area contributed by atoms with Crippen LogP contribution < -0.4 is 0 Å². The molecule has 1 aromatic heterocycles. The average molecular weight is 281 g/mol. The van der Waals surface area contributed by atoms with E-state index in [1.807, 2.05) is 4.68 Å². The molecule has 1 aliphatic heterocycles. The zero-order valence-electron chi connectivity index (χ0n) is 13.0. The minimum atomic E-state index is -0.713. The topological polar surface area (TPSA) is 60.2 Å². The maximum Gasteiger partial charge on any atom is 0.138 e. The highest BCUT2D eigenvalue weighted by Crippen LogP contribution is 2.31. The summed E-state index contributed by atoms with van der Waals surface area (Å²) in [4.78, 5) is 4.33. The first kappa shape index (κ1) is 15.4. The van der Waals surface area contributed by atoms with Crippen molar-refractivity contribution in [2.24, 2.45) is 11.8 Å². The summed E-state index contributed by atoms with van der Waals surface area (Å²) in [6, 6.07) is 0. The summed E-state index contributed by atoms with van der Waals surface area (Å²) in [5, 5.41) is 15.1. The first-order chi connectivity index (χ1) is 9.39. The Hall–Kier alpha value is -0.940. The summed E-state index contributed by atoms with van der Waals surface area (Å²) in [5.41, 5.74) is -0.713. The Labute approximate surface area is 121 Å². The second-order valence-electron chi connectivity index (χ2n) is 6.76. The predicted molar refractivity (Wildman–Crippen MR) is 77.3 cm³/mol. The third-order valence-corrected chi connectivity index (χ3v) is 3.95. The molecule has 1 N–H and O–H groups in total. The molecule has 1 aromatic rings. The number of aromatic nitrogens is 3. The molecule has 20 heavy (non-hydrogen) atoms. The molecular weight excluding hydrogens is 254 g/mol. The van der Waals surface area contributed by atoms with E-state index in [1.54, 1.807) is 6.33 Å². The van der Waals surface area contributed by atoms with Crippen LogP contribution in [0.2, 0.25) is 0 Å². The maximum atomic E-state index is 10.9. The van der Waals surface area contributed by atoms with Gasteiger partial charge < -0.3 is 9.84 Å². The van der Waals surface area contributed by atoms with E-state index in [1.165, 1.54) is 0 Å². The molecule has 0 aliphatic carbocycles. The van der Waals surface area contributed by atoms with Gasteiger partial charge in [-0.25, -0.2) is 9.67 Å². The number of rotatable bonds is 5. The fourth-order valence-corrected chi connectivity index (χ4v) is 2.74. The second kappa shape index (κ2) is 6.22. The van der Waals surface area contributed by atoms with Crippen LogP contribution in [0.5, 0.6) is 0 Å². The molecule has 5 nitrogen and oxygen atoms in total. The van der Waals surface area contributed by atoms with Gasteiger partial charge in [-0.2, -0.15) is 5.10 Å². The molecule has 1 fully saturated rings. The number of nitrogens with zero attached hydrogens (tertiary/aromatic N) is 3. The lowest BCUT2D eigenvalue weighted by atomic mass is 9.83. The van der Waals surface area contributed by atoms with Crippen molar-refractivity contribution in [2.75, 3.05) is 6.61 Å². The molecule has 1 saturated heterocycles. The van der Waals surface area contributed by atoms with Crippen molar-refractivity contribution in [2.45, 2.75) is 65.2 Å². The van der Waals surface area contributed by atoms with Crippen LogP contribution in [0.1, 0.15) is 46.4 Å². The Kier molecular flexibility index (Phi) is 4.81. The molecule has 114 valence electrons. The van der Waals surface area contributed by atoms with Gasteiger partial charge in [0.25, 0.3) is 0 Å². The molecule has 0 aromatic carbocycles. The molecule has 5 heteroatoms. The van der Waals surface area contributed by atoms with Gasteiger partial charge in [0.05, 0.1) is 11.7 Å². The van der Waals surface area contributed by atoms with Gasteiger partial charge in [-0.05, 0) is 11.8 Å². The molecule has 0 bridgehead atoms. The van der Waals surface area contributed by atoms with Gasteiger partial charge >= 0.3 is 0 Å². The second-order valence-corrected chi connectivity index (χ2v) is 6.76. The monoisotopic (exact) mass is 281 g/mol. The van der Waals surface area contributed by atoms with Crippen molar-refractivity contribution in [1.29, 1.82) is 0 Å². The van der Waals surface area contributed by atoms with Gasteiger partial charge in [0.15, 0.2) is 0 Å². The first-order valence-corrected chi connectivity index (χ1v) is 7.60. The Morgan fingerprint density at radius 3 is 2.85 bits per heavy atom. The van der Waals surface area contributed by atoms with E-state index in [4.69, 9.17) is 4.74 Å². The Bertz CT molecular complexity index is 431. The minimum absolute atomic E-state index is 0.134. The van der Waals surface area contributed by atoms with Gasteiger partial charge in [0.1, 0.15) is 12.2 Å². The lowest BCUT2D eigenvalue weighted by Gasteiger charge is -2.38. The highest BCUT2D eigenvalue weighted by atomic mass is 16.5. The van der Waals surface area contributed by atoms with Crippen molar-refractivity contribution >= 4 is 0 Å². The molecule has 0 radical (unpaired) electrons. The van der Waals surface area contributed by atoms with Crippen LogP contribution in [-0.2, 0) is 17.7 Å². The smallest absolute Gasteiger partial charge is 0.138 e. The summed E-state index contributed by atoms with van der Waals surface area (Å²) in [6.45, 7) is 10.1. The van der Waals surface area contributed by atoms with E-state index < -0.39 is 5.60 Å². The van der Waals surface area contributed by atoms with Gasteiger partial charge in [0, 0.05) is 32.4 Å². The summed E-state index contributed by atoms with van der Waals surface area (Å²) < 4.78 is 7.67. The van der Waals surface area contributed by atoms with Crippen LogP contribution in [0, 0.1) is 11.8 Å². The third-order valence-electron chi connectivity index (χ3n) is 3.95. The summed E-state index contributed by atoms with van der Waals surface area (Å²) in [5.74, 6) is 1.82. The normalized spacial score (nSPS) is 27.4. The maximum absolute atomic E-state index is 10.9. The number of aliphatic hydroxyl groups is 1. The lowest BCUT2D eigenvalue weighted by Crippen LogP contribution is -2.44. The highest BCUT2D eigenvalue weighted by molar-refractivity contribution is 4.98. The Morgan fingerprint density at radius 1 is 1.45 bits per heavy atom. The Morgan fingerprint density at radius 2 is 2.20 bits per heavy atom. The van der Waals surface area contributed by atoms with E-state index in [0.29, 0.717) is 37.7 Å². The predicted octanol–water partition coefficient (Wildman–Crippen LogP) is 2.04. The average Bonchev–Trinajstić information content (AvgIpc) is 2.75. The lowest BCUT2D eigenvalue weighted by molar-refractivity contribution is -0.117. The van der Waals surface area contributed by atoms with E-state index >= 15 is 0 Å². The van der Waals surface area contributed by atoms with Gasteiger partial charge in [-0.1, -0.05) is 27.7 Å². The molecule has 2 unspecified atom stereocenters. The number of ether oxygens (including phenoxy) is 1. The molecule has 0 spiro atoms. The van der Waals surface area contributed by atoms with Crippen LogP contribution in [0.25, 0.3) is 0 Å². The molecule has 2 atom stereocenters. The molecular formula is C15H27N3O2. The van der Waals surface area contributed by atoms with Crippen molar-refractivity contribution in [3.05, 3.63) is 12.2 Å². The van der Waals surface area contributed by atoms with Crippen LogP contribution in [0.15, 0.2) is 6.33 Å². The number of hydrogen-bond acceptors (Lipinski definition) is 4. The minimum Gasteiger partial charge on any atom is -0.389 e. The summed E-state index contributed by atoms with van der Waals surface area (Å²) in [7, 11) is 0. The fourth-order valence-electron chi connectivity index (χ4n) is 2.74. The first-order valence-electron chi connectivity index (χ1n) is 7.60. The van der Waals surface area contributed by atoms with Crippen molar-refractivity contribution in [3.63, 3.8) is 0 Å². The largest absolute Gasteiger partial charge is 0.389 e. The number of hydrogen-bond donors (Lipinski definition) is 1. The van der Waals surface area contributed by atoms with Crippen molar-refractivity contribution < 1.29 is 9.84 Å². The van der Waals surface area contributed by atoms with E-state index in [-0.39, 0.29) is 6.10 Å². The van der Waals surface area contributed by atoms with Crippen LogP contribution in [0.4, 0.5) is 0 Å². The third kappa shape index (κ3) is 3.79. The zero-order chi connectivity index (χ0) is 14.8. The molecule has 1 aliphatic rings. The Balaban J connectivity index is 2.06. The molecule has 2 rings (SSSR count). The zero-order valence-corrected chi connectivity index (χ0v) is 13.0. The van der Waals surface area contributed by atoms with E-state index in [2.05, 4.69) is 37.8 Å². The standard InChI is InChI=1S/C15H27N3O2/c1-11(2)9-18-14(16-10-17-18)8-15(19)5-6-20-13(7-15)12(3)4/h10-13,19H,5-9H2,1-4H3. The quantitative estimate of drug-likeness (QED) is 0.897. The van der Waals surface area contributed by atoms with Gasteiger partial charge in [-0.15, -0.1) is 0 Å². The molecule has 0 amide bonds. The van der Waals surface area contributed by atoms with Crippen molar-refractivity contribution in [3.8, 4) is 0 Å².